The summed E-state index contributed by atoms with van der Waals surface area (Å²) in [5, 5.41) is 2.37. The Balaban J connectivity index is 3.20. The van der Waals surface area contributed by atoms with Crippen molar-refractivity contribution in [2.24, 2.45) is 5.29 Å². The van der Waals surface area contributed by atoms with Crippen molar-refractivity contribution in [2.75, 3.05) is 5.43 Å². The van der Waals surface area contributed by atoms with Crippen molar-refractivity contribution in [3.05, 3.63) is 27.3 Å². The molecule has 6 nitrogen and oxygen atoms in total. The van der Waals surface area contributed by atoms with Crippen LogP contribution in [0.1, 0.15) is 5.69 Å². The van der Waals surface area contributed by atoms with Crippen LogP contribution in [-0.2, 0) is 0 Å². The molecule has 1 rings (SSSR count). The zero-order chi connectivity index (χ0) is 8.27. The highest BCUT2D eigenvalue weighted by atomic mass is 16.3. The number of aryl methyl sites for hydroxylation is 1. The molecule has 0 saturated carbocycles. The van der Waals surface area contributed by atoms with Gasteiger partial charge in [-0.25, -0.2) is 10.4 Å². The minimum absolute atomic E-state index is 0.0856. The third kappa shape index (κ3) is 1.40. The van der Waals surface area contributed by atoms with Crippen LogP contribution in [0.4, 0.5) is 5.69 Å². The summed E-state index contributed by atoms with van der Waals surface area (Å²) in [5.74, 6) is 0. The van der Waals surface area contributed by atoms with Gasteiger partial charge in [0.25, 0.3) is 5.56 Å². The number of hydrogen-bond donors (Lipinski definition) is 2. The molecule has 0 aliphatic rings. The number of rotatable bonds is 2. The van der Waals surface area contributed by atoms with Crippen molar-refractivity contribution < 1.29 is 0 Å². The predicted octanol–water partition coefficient (Wildman–Crippen LogP) is 0.172. The first-order valence-electron chi connectivity index (χ1n) is 2.88. The van der Waals surface area contributed by atoms with Gasteiger partial charge in [0.1, 0.15) is 5.69 Å². The minimum Gasteiger partial charge on any atom is -0.311 e. The Morgan fingerprint density at radius 3 is 3.00 bits per heavy atom. The Kier molecular flexibility index (Phi) is 1.95. The predicted molar refractivity (Wildman–Crippen MR) is 39.0 cm³/mol. The number of nitroso groups, excluding NO2 is 1. The van der Waals surface area contributed by atoms with Crippen molar-refractivity contribution in [3.63, 3.8) is 0 Å². The molecule has 0 radical (unpaired) electrons. The van der Waals surface area contributed by atoms with Crippen molar-refractivity contribution in [1.29, 1.82) is 0 Å². The highest BCUT2D eigenvalue weighted by Crippen LogP contribution is 2.01. The van der Waals surface area contributed by atoms with E-state index in [1.165, 1.54) is 6.33 Å². The monoisotopic (exact) mass is 154 g/mol. The van der Waals surface area contributed by atoms with Gasteiger partial charge in [0.15, 0.2) is 0 Å². The van der Waals surface area contributed by atoms with Gasteiger partial charge in [-0.1, -0.05) is 0 Å². The van der Waals surface area contributed by atoms with Crippen LogP contribution in [0.5, 0.6) is 0 Å². The van der Waals surface area contributed by atoms with E-state index in [2.05, 4.69) is 15.3 Å². The lowest BCUT2D eigenvalue weighted by Gasteiger charge is -1.97. The lowest BCUT2D eigenvalue weighted by Crippen LogP contribution is -2.13. The maximum atomic E-state index is 10.9. The molecule has 1 aromatic heterocycles. The van der Waals surface area contributed by atoms with Gasteiger partial charge in [-0.3, -0.25) is 4.79 Å². The van der Waals surface area contributed by atoms with Crippen LogP contribution in [0.3, 0.4) is 0 Å². The van der Waals surface area contributed by atoms with Crippen molar-refractivity contribution >= 4 is 5.69 Å². The Labute approximate surface area is 61.6 Å². The maximum Gasteiger partial charge on any atom is 0.276 e. The fourth-order valence-electron chi connectivity index (χ4n) is 0.666. The summed E-state index contributed by atoms with van der Waals surface area (Å²) >= 11 is 0. The number of nitrogens with one attached hydrogen (secondary N) is 2. The molecule has 1 aromatic rings. The lowest BCUT2D eigenvalue weighted by molar-refractivity contribution is 1.05. The van der Waals surface area contributed by atoms with Crippen molar-refractivity contribution in [1.82, 2.24) is 9.97 Å². The van der Waals surface area contributed by atoms with Gasteiger partial charge < -0.3 is 4.98 Å². The normalized spacial score (nSPS) is 9.18. The fourth-order valence-corrected chi connectivity index (χ4v) is 0.666. The third-order valence-corrected chi connectivity index (χ3v) is 1.20. The molecule has 0 atom stereocenters. The second kappa shape index (κ2) is 2.91. The fraction of sp³-hybridized carbons (Fsp3) is 0.200. The van der Waals surface area contributed by atoms with E-state index in [1.807, 2.05) is 5.43 Å². The quantitative estimate of drug-likeness (QED) is 0.469. The van der Waals surface area contributed by atoms with Gasteiger partial charge in [0.05, 0.1) is 17.3 Å². The highest BCUT2D eigenvalue weighted by molar-refractivity contribution is 5.43. The average molecular weight is 154 g/mol. The van der Waals surface area contributed by atoms with Gasteiger partial charge in [0, 0.05) is 0 Å². The van der Waals surface area contributed by atoms with E-state index >= 15 is 0 Å². The summed E-state index contributed by atoms with van der Waals surface area (Å²) in [6.45, 7) is 1.60. The maximum absolute atomic E-state index is 10.9. The molecular formula is C5H6N4O2. The van der Waals surface area contributed by atoms with Crippen LogP contribution >= 0.6 is 0 Å². The van der Waals surface area contributed by atoms with Gasteiger partial charge in [-0.2, -0.15) is 0 Å². The van der Waals surface area contributed by atoms with E-state index in [-0.39, 0.29) is 5.69 Å². The summed E-state index contributed by atoms with van der Waals surface area (Å²) in [5.41, 5.74) is 2.13. The molecular weight excluding hydrogens is 148 g/mol. The molecule has 2 N–H and O–H groups in total. The molecule has 0 fully saturated rings. The SMILES string of the molecule is Cc1nc[nH]c(=O)c1NN=O. The van der Waals surface area contributed by atoms with E-state index in [4.69, 9.17) is 0 Å². The third-order valence-electron chi connectivity index (χ3n) is 1.20. The Morgan fingerprint density at radius 1 is 1.73 bits per heavy atom. The van der Waals surface area contributed by atoms with E-state index < -0.39 is 5.56 Å². The molecule has 1 heterocycles. The van der Waals surface area contributed by atoms with Crippen LogP contribution in [0, 0.1) is 11.8 Å². The van der Waals surface area contributed by atoms with E-state index in [0.717, 1.165) is 0 Å². The van der Waals surface area contributed by atoms with Gasteiger partial charge in [-0.05, 0) is 6.92 Å². The first-order valence-corrected chi connectivity index (χ1v) is 2.88. The van der Waals surface area contributed by atoms with Crippen LogP contribution < -0.4 is 11.0 Å². The zero-order valence-electron chi connectivity index (χ0n) is 5.79. The summed E-state index contributed by atoms with van der Waals surface area (Å²) in [6, 6.07) is 0. The Morgan fingerprint density at radius 2 is 2.45 bits per heavy atom. The molecule has 58 valence electrons. The first-order chi connectivity index (χ1) is 5.25. The van der Waals surface area contributed by atoms with Gasteiger partial charge in [-0.15, -0.1) is 4.91 Å². The minimum atomic E-state index is -0.405. The average Bonchev–Trinajstić information content (AvgIpc) is 1.97. The smallest absolute Gasteiger partial charge is 0.276 e. The number of aromatic nitrogens is 2. The molecule has 0 bridgehead atoms. The summed E-state index contributed by atoms with van der Waals surface area (Å²) in [6.07, 6.45) is 1.26. The topological polar surface area (TPSA) is 87.2 Å². The number of hydrogen-bond acceptors (Lipinski definition) is 4. The first kappa shape index (κ1) is 7.39. The number of nitrogens with zero attached hydrogens (tertiary/aromatic N) is 2. The van der Waals surface area contributed by atoms with E-state index in [9.17, 15) is 9.70 Å². The summed E-state index contributed by atoms with van der Waals surface area (Å²) in [4.78, 5) is 26.6. The Hall–Kier alpha value is -1.72. The molecule has 0 aromatic carbocycles. The Bertz CT molecular complexity index is 319. The summed E-state index contributed by atoms with van der Waals surface area (Å²) < 4.78 is 0. The number of H-pyrrole nitrogens is 1. The van der Waals surface area contributed by atoms with Crippen LogP contribution in [0.15, 0.2) is 16.4 Å². The number of anilines is 1. The van der Waals surface area contributed by atoms with Gasteiger partial charge >= 0.3 is 0 Å². The lowest BCUT2D eigenvalue weighted by atomic mass is 10.4. The van der Waals surface area contributed by atoms with Crippen LogP contribution in [-0.4, -0.2) is 9.97 Å². The molecule has 0 aliphatic heterocycles. The highest BCUT2D eigenvalue weighted by Gasteiger charge is 2.01. The molecule has 6 heteroatoms. The van der Waals surface area contributed by atoms with Crippen LogP contribution in [0.2, 0.25) is 0 Å². The second-order valence-corrected chi connectivity index (χ2v) is 1.90. The molecule has 11 heavy (non-hydrogen) atoms. The van der Waals surface area contributed by atoms with Gasteiger partial charge in [0.2, 0.25) is 0 Å². The van der Waals surface area contributed by atoms with Crippen molar-refractivity contribution in [2.45, 2.75) is 6.92 Å². The molecule has 0 spiro atoms. The standard InChI is InChI=1S/C5H6N4O2/c1-3-4(8-9-11)5(10)7-2-6-3/h2H,1H3,(H,8,11)(H,6,7,10). The molecule has 0 amide bonds. The number of aromatic amines is 1. The molecule has 0 aliphatic carbocycles. The van der Waals surface area contributed by atoms with E-state index in [0.29, 0.717) is 5.69 Å². The molecule has 0 unspecified atom stereocenters. The second-order valence-electron chi connectivity index (χ2n) is 1.90. The van der Waals surface area contributed by atoms with E-state index in [1.54, 1.807) is 6.92 Å². The zero-order valence-corrected chi connectivity index (χ0v) is 5.79. The van der Waals surface area contributed by atoms with Crippen molar-refractivity contribution in [3.8, 4) is 0 Å². The van der Waals surface area contributed by atoms with Crippen LogP contribution in [0.25, 0.3) is 0 Å². The molecule has 0 saturated heterocycles. The largest absolute Gasteiger partial charge is 0.311 e. The summed E-state index contributed by atoms with van der Waals surface area (Å²) in [7, 11) is 0.